The summed E-state index contributed by atoms with van der Waals surface area (Å²) in [5.74, 6) is -1.60. The second kappa shape index (κ2) is 6.15. The maximum absolute atomic E-state index is 13.5. The molecule has 0 aliphatic heterocycles. The number of carboxylic acid groups (broad SMARTS) is 1. The van der Waals surface area contributed by atoms with Crippen LogP contribution >= 0.6 is 15.9 Å². The molecule has 5 nitrogen and oxygen atoms in total. The Morgan fingerprint density at radius 2 is 2.20 bits per heavy atom. The van der Waals surface area contributed by atoms with Gasteiger partial charge in [0.25, 0.3) is 0 Å². The van der Waals surface area contributed by atoms with Gasteiger partial charge in [0, 0.05) is 24.4 Å². The molecular weight excluding hydrogens is 331 g/mol. The van der Waals surface area contributed by atoms with Crippen molar-refractivity contribution in [1.29, 1.82) is 0 Å². The summed E-state index contributed by atoms with van der Waals surface area (Å²) in [6.45, 7) is -0.0306. The van der Waals surface area contributed by atoms with Crippen LogP contribution in [0, 0.1) is 5.82 Å². The van der Waals surface area contributed by atoms with E-state index in [1.54, 1.807) is 12.3 Å². The van der Waals surface area contributed by atoms with Gasteiger partial charge >= 0.3 is 5.97 Å². The number of aromatic carboxylic acids is 1. The first kappa shape index (κ1) is 14.7. The topological polar surface area (TPSA) is 75.3 Å². The number of aliphatic hydroxyl groups is 1. The molecule has 0 atom stereocenters. The molecule has 0 bridgehead atoms. The fraction of sp³-hybridized carbons (Fsp3) is 0.231. The van der Waals surface area contributed by atoms with Crippen LogP contribution in [0.15, 0.2) is 28.9 Å². The smallest absolute Gasteiger partial charge is 0.356 e. The fourth-order valence-corrected chi connectivity index (χ4v) is 2.05. The zero-order chi connectivity index (χ0) is 14.7. The van der Waals surface area contributed by atoms with Crippen molar-refractivity contribution < 1.29 is 19.4 Å². The Balaban J connectivity index is 2.41. The second-order valence-corrected chi connectivity index (χ2v) is 5.03. The first-order valence-electron chi connectivity index (χ1n) is 5.91. The number of halogens is 2. The number of benzene rings is 1. The Morgan fingerprint density at radius 1 is 1.45 bits per heavy atom. The number of aryl methyl sites for hydroxylation is 1. The van der Waals surface area contributed by atoms with Crippen molar-refractivity contribution in [3.8, 4) is 5.69 Å². The molecule has 0 aliphatic carbocycles. The van der Waals surface area contributed by atoms with Crippen LogP contribution in [0.5, 0.6) is 0 Å². The standard InChI is InChI=1S/C13H12BrFN2O3/c14-10-4-3-9(6-11(10)15)17-7-8(2-1-5-18)12(16-17)13(19)20/h3-4,6-7,18H,1-2,5H2,(H,19,20). The fourth-order valence-electron chi connectivity index (χ4n) is 1.80. The average Bonchev–Trinajstić information content (AvgIpc) is 2.84. The number of aliphatic hydroxyl groups excluding tert-OH is 1. The molecule has 0 saturated carbocycles. The monoisotopic (exact) mass is 342 g/mol. The number of nitrogens with zero attached hydrogens (tertiary/aromatic N) is 2. The van der Waals surface area contributed by atoms with E-state index in [1.165, 1.54) is 16.8 Å². The molecule has 0 amide bonds. The molecule has 1 heterocycles. The molecule has 2 N–H and O–H groups in total. The van der Waals surface area contributed by atoms with Crippen LogP contribution in [0.4, 0.5) is 4.39 Å². The second-order valence-electron chi connectivity index (χ2n) is 4.18. The summed E-state index contributed by atoms with van der Waals surface area (Å²) in [5.41, 5.74) is 0.861. The molecule has 2 rings (SSSR count). The molecule has 106 valence electrons. The summed E-state index contributed by atoms with van der Waals surface area (Å²) in [7, 11) is 0. The Morgan fingerprint density at radius 3 is 2.80 bits per heavy atom. The number of aromatic nitrogens is 2. The Bertz CT molecular complexity index is 643. The summed E-state index contributed by atoms with van der Waals surface area (Å²) >= 11 is 3.05. The third kappa shape index (κ3) is 3.05. The van der Waals surface area contributed by atoms with Crippen molar-refractivity contribution in [3.63, 3.8) is 0 Å². The minimum Gasteiger partial charge on any atom is -0.476 e. The average molecular weight is 343 g/mol. The lowest BCUT2D eigenvalue weighted by Gasteiger charge is -2.02. The van der Waals surface area contributed by atoms with E-state index in [4.69, 9.17) is 10.2 Å². The van der Waals surface area contributed by atoms with Crippen molar-refractivity contribution in [2.24, 2.45) is 0 Å². The summed E-state index contributed by atoms with van der Waals surface area (Å²) in [6, 6.07) is 4.42. The van der Waals surface area contributed by atoms with Gasteiger partial charge in [0.2, 0.25) is 0 Å². The molecule has 0 spiro atoms. The van der Waals surface area contributed by atoms with Crippen LogP contribution in [0.25, 0.3) is 5.69 Å². The molecule has 0 aliphatic rings. The van der Waals surface area contributed by atoms with E-state index < -0.39 is 11.8 Å². The van der Waals surface area contributed by atoms with E-state index in [-0.39, 0.29) is 12.3 Å². The first-order chi connectivity index (χ1) is 9.52. The van der Waals surface area contributed by atoms with E-state index in [9.17, 15) is 9.18 Å². The van der Waals surface area contributed by atoms with Crippen molar-refractivity contribution in [2.45, 2.75) is 12.8 Å². The van der Waals surface area contributed by atoms with Crippen LogP contribution in [0.1, 0.15) is 22.5 Å². The van der Waals surface area contributed by atoms with Crippen LogP contribution in [-0.4, -0.2) is 32.6 Å². The number of carbonyl (C=O) groups is 1. The van der Waals surface area contributed by atoms with Gasteiger partial charge in [-0.05, 0) is 40.9 Å². The van der Waals surface area contributed by atoms with Gasteiger partial charge in [0.15, 0.2) is 5.69 Å². The van der Waals surface area contributed by atoms with Gasteiger partial charge in [-0.2, -0.15) is 5.10 Å². The predicted octanol–water partition coefficient (Wildman–Crippen LogP) is 2.40. The number of rotatable bonds is 5. The zero-order valence-corrected chi connectivity index (χ0v) is 12.0. The Hall–Kier alpha value is -1.73. The van der Waals surface area contributed by atoms with Crippen molar-refractivity contribution in [2.75, 3.05) is 6.61 Å². The number of hydrogen-bond acceptors (Lipinski definition) is 3. The SMILES string of the molecule is O=C(O)c1nn(-c2ccc(Br)c(F)c2)cc1CCCO. The van der Waals surface area contributed by atoms with Crippen molar-refractivity contribution in [1.82, 2.24) is 9.78 Å². The normalized spacial score (nSPS) is 10.8. The molecular formula is C13H12BrFN2O3. The van der Waals surface area contributed by atoms with Gasteiger partial charge in [-0.1, -0.05) is 0 Å². The molecule has 0 saturated heterocycles. The maximum Gasteiger partial charge on any atom is 0.356 e. The van der Waals surface area contributed by atoms with Crippen LogP contribution in [0.3, 0.4) is 0 Å². The summed E-state index contributed by atoms with van der Waals surface area (Å²) in [5, 5.41) is 21.9. The summed E-state index contributed by atoms with van der Waals surface area (Å²) in [6.07, 6.45) is 2.39. The molecule has 0 unspecified atom stereocenters. The Kier molecular flexibility index (Phi) is 4.51. The van der Waals surface area contributed by atoms with Crippen LogP contribution in [-0.2, 0) is 6.42 Å². The molecule has 0 radical (unpaired) electrons. The summed E-state index contributed by atoms with van der Waals surface area (Å²) in [4.78, 5) is 11.1. The van der Waals surface area contributed by atoms with Crippen molar-refractivity contribution in [3.05, 3.63) is 45.9 Å². The van der Waals surface area contributed by atoms with Gasteiger partial charge < -0.3 is 10.2 Å². The van der Waals surface area contributed by atoms with Gasteiger partial charge in [0.1, 0.15) is 5.82 Å². The van der Waals surface area contributed by atoms with E-state index in [1.807, 2.05) is 0 Å². The van der Waals surface area contributed by atoms with Gasteiger partial charge in [0.05, 0.1) is 10.2 Å². The van der Waals surface area contributed by atoms with Crippen LogP contribution in [0.2, 0.25) is 0 Å². The highest BCUT2D eigenvalue weighted by Gasteiger charge is 2.16. The van der Waals surface area contributed by atoms with E-state index >= 15 is 0 Å². The molecule has 0 fully saturated rings. The molecule has 1 aromatic heterocycles. The van der Waals surface area contributed by atoms with E-state index in [0.29, 0.717) is 28.6 Å². The molecule has 7 heteroatoms. The maximum atomic E-state index is 13.5. The van der Waals surface area contributed by atoms with Gasteiger partial charge in [-0.15, -0.1) is 0 Å². The minimum absolute atomic E-state index is 0.0306. The minimum atomic E-state index is -1.14. The highest BCUT2D eigenvalue weighted by atomic mass is 79.9. The quantitative estimate of drug-likeness (QED) is 0.874. The molecule has 20 heavy (non-hydrogen) atoms. The lowest BCUT2D eigenvalue weighted by atomic mass is 10.1. The number of hydrogen-bond donors (Lipinski definition) is 2. The van der Waals surface area contributed by atoms with Crippen molar-refractivity contribution >= 4 is 21.9 Å². The molecule has 1 aromatic carbocycles. The Labute approximate surface area is 122 Å². The largest absolute Gasteiger partial charge is 0.476 e. The first-order valence-corrected chi connectivity index (χ1v) is 6.70. The van der Waals surface area contributed by atoms with Gasteiger partial charge in [-0.25, -0.2) is 13.9 Å². The van der Waals surface area contributed by atoms with E-state index in [0.717, 1.165) is 0 Å². The predicted molar refractivity (Wildman–Crippen MR) is 73.6 cm³/mol. The highest BCUT2D eigenvalue weighted by molar-refractivity contribution is 9.10. The number of carboxylic acids is 1. The molecule has 2 aromatic rings. The lowest BCUT2D eigenvalue weighted by molar-refractivity contribution is 0.0688. The third-order valence-electron chi connectivity index (χ3n) is 2.76. The summed E-state index contributed by atoms with van der Waals surface area (Å²) < 4.78 is 15.1. The third-order valence-corrected chi connectivity index (χ3v) is 3.41. The highest BCUT2D eigenvalue weighted by Crippen LogP contribution is 2.20. The zero-order valence-electron chi connectivity index (χ0n) is 10.4. The lowest BCUT2D eigenvalue weighted by Crippen LogP contribution is -2.03. The van der Waals surface area contributed by atoms with Gasteiger partial charge in [-0.3, -0.25) is 0 Å². The van der Waals surface area contributed by atoms with Crippen LogP contribution < -0.4 is 0 Å². The van der Waals surface area contributed by atoms with E-state index in [2.05, 4.69) is 21.0 Å².